The lowest BCUT2D eigenvalue weighted by atomic mass is 10.1. The molecule has 3 N–H and O–H groups in total. The first kappa shape index (κ1) is 15.0. The first-order chi connectivity index (χ1) is 9.25. The molecule has 2 rings (SSSR count). The summed E-state index contributed by atoms with van der Waals surface area (Å²) in [6, 6.07) is 8.27. The molecule has 6 heteroatoms. The number of sulfonamides is 1. The highest BCUT2D eigenvalue weighted by Gasteiger charge is 2.21. The molecule has 1 aromatic carbocycles. The highest BCUT2D eigenvalue weighted by Crippen LogP contribution is 2.14. The van der Waals surface area contributed by atoms with Gasteiger partial charge in [-0.3, -0.25) is 0 Å². The molecule has 5 nitrogen and oxygen atoms in total. The summed E-state index contributed by atoms with van der Waals surface area (Å²) in [6.45, 7) is 4.97. The summed E-state index contributed by atoms with van der Waals surface area (Å²) in [5.41, 5.74) is 1.76. The van der Waals surface area contributed by atoms with Crippen LogP contribution >= 0.6 is 0 Å². The van der Waals surface area contributed by atoms with E-state index in [1.807, 2.05) is 26.1 Å². The third-order valence-electron chi connectivity index (χ3n) is 2.98. The fourth-order valence-corrected chi connectivity index (χ4v) is 3.34. The molecule has 0 bridgehead atoms. The van der Waals surface area contributed by atoms with E-state index in [9.17, 15) is 8.42 Å². The molecule has 110 valence electrons. The van der Waals surface area contributed by atoms with Crippen LogP contribution in [0.15, 0.2) is 30.5 Å². The van der Waals surface area contributed by atoms with Crippen LogP contribution in [0.3, 0.4) is 0 Å². The van der Waals surface area contributed by atoms with E-state index >= 15 is 0 Å². The van der Waals surface area contributed by atoms with Crippen LogP contribution in [0, 0.1) is 0 Å². The van der Waals surface area contributed by atoms with Gasteiger partial charge in [-0.15, -0.1) is 0 Å². The molecule has 0 saturated carbocycles. The fraction of sp³-hybridized carbons (Fsp3) is 0.429. The number of aromatic amines is 1. The van der Waals surface area contributed by atoms with Crippen LogP contribution in [0.25, 0.3) is 10.9 Å². The summed E-state index contributed by atoms with van der Waals surface area (Å²) < 4.78 is 25.1. The molecule has 0 saturated heterocycles. The van der Waals surface area contributed by atoms with Crippen molar-refractivity contribution in [2.45, 2.75) is 25.9 Å². The van der Waals surface area contributed by atoms with Gasteiger partial charge in [0.1, 0.15) is 0 Å². The van der Waals surface area contributed by atoms with Gasteiger partial charge in [-0.05, 0) is 36.9 Å². The Morgan fingerprint density at radius 1 is 1.25 bits per heavy atom. The van der Waals surface area contributed by atoms with Gasteiger partial charge < -0.3 is 10.3 Å². The SMILES string of the molecule is CC(C)(CNCc1ccc2cc[nH]c2c1)NS(C)(=O)=O. The van der Waals surface area contributed by atoms with Gasteiger partial charge in [0, 0.05) is 30.3 Å². The second-order valence-electron chi connectivity index (χ2n) is 5.76. The van der Waals surface area contributed by atoms with Crippen molar-refractivity contribution in [1.82, 2.24) is 15.0 Å². The molecule has 2 aromatic rings. The Morgan fingerprint density at radius 2 is 2.00 bits per heavy atom. The van der Waals surface area contributed by atoms with Gasteiger partial charge in [0.15, 0.2) is 0 Å². The first-order valence-corrected chi connectivity index (χ1v) is 8.40. The Hall–Kier alpha value is -1.37. The topological polar surface area (TPSA) is 74.0 Å². The van der Waals surface area contributed by atoms with Crippen LogP contribution in [0.1, 0.15) is 19.4 Å². The third kappa shape index (κ3) is 4.33. The maximum absolute atomic E-state index is 11.3. The van der Waals surface area contributed by atoms with Crippen molar-refractivity contribution in [3.05, 3.63) is 36.0 Å². The van der Waals surface area contributed by atoms with Crippen LogP contribution < -0.4 is 10.0 Å². The van der Waals surface area contributed by atoms with E-state index in [-0.39, 0.29) is 0 Å². The van der Waals surface area contributed by atoms with Gasteiger partial charge in [0.05, 0.1) is 6.26 Å². The highest BCUT2D eigenvalue weighted by molar-refractivity contribution is 7.88. The number of nitrogens with one attached hydrogen (secondary N) is 3. The molecule has 0 atom stereocenters. The Morgan fingerprint density at radius 3 is 2.70 bits per heavy atom. The Kier molecular flexibility index (Phi) is 4.17. The molecule has 0 amide bonds. The lowest BCUT2D eigenvalue weighted by Gasteiger charge is -2.25. The zero-order chi connectivity index (χ0) is 14.8. The van der Waals surface area contributed by atoms with Gasteiger partial charge in [0.2, 0.25) is 10.0 Å². The maximum atomic E-state index is 11.3. The summed E-state index contributed by atoms with van der Waals surface area (Å²) in [5, 5.41) is 4.47. The Bertz CT molecular complexity index is 689. The number of hydrogen-bond acceptors (Lipinski definition) is 3. The lowest BCUT2D eigenvalue weighted by Crippen LogP contribution is -2.49. The highest BCUT2D eigenvalue weighted by atomic mass is 32.2. The fourth-order valence-electron chi connectivity index (χ4n) is 2.26. The molecule has 20 heavy (non-hydrogen) atoms. The Labute approximate surface area is 119 Å². The van der Waals surface area contributed by atoms with Gasteiger partial charge in [-0.25, -0.2) is 13.1 Å². The minimum absolute atomic E-state index is 0.510. The van der Waals surface area contributed by atoms with Crippen LogP contribution in [0.5, 0.6) is 0 Å². The van der Waals surface area contributed by atoms with Crippen LogP contribution in [0.2, 0.25) is 0 Å². The summed E-state index contributed by atoms with van der Waals surface area (Å²) in [6.07, 6.45) is 3.09. The van der Waals surface area contributed by atoms with E-state index in [1.54, 1.807) is 0 Å². The van der Waals surface area contributed by atoms with Crippen LogP contribution in [0.4, 0.5) is 0 Å². The van der Waals surface area contributed by atoms with E-state index < -0.39 is 15.6 Å². The van der Waals surface area contributed by atoms with Gasteiger partial charge in [0.25, 0.3) is 0 Å². The predicted molar refractivity (Wildman–Crippen MR) is 82.1 cm³/mol. The quantitative estimate of drug-likeness (QED) is 0.757. The molecule has 0 aliphatic heterocycles. The van der Waals surface area contributed by atoms with Gasteiger partial charge in [-0.2, -0.15) is 0 Å². The average Bonchev–Trinajstić information content (AvgIpc) is 2.72. The monoisotopic (exact) mass is 295 g/mol. The molecule has 1 aromatic heterocycles. The molecule has 0 radical (unpaired) electrons. The van der Waals surface area contributed by atoms with Crippen molar-refractivity contribution in [2.75, 3.05) is 12.8 Å². The summed E-state index contributed by atoms with van der Waals surface area (Å²) >= 11 is 0. The Balaban J connectivity index is 1.92. The maximum Gasteiger partial charge on any atom is 0.209 e. The van der Waals surface area contributed by atoms with E-state index in [1.165, 1.54) is 11.6 Å². The number of benzene rings is 1. The predicted octanol–water partition coefficient (Wildman–Crippen LogP) is 1.59. The van der Waals surface area contributed by atoms with E-state index in [2.05, 4.69) is 33.2 Å². The summed E-state index contributed by atoms with van der Waals surface area (Å²) in [4.78, 5) is 3.18. The molecule has 0 aliphatic rings. The van der Waals surface area contributed by atoms with Crippen LogP contribution in [-0.2, 0) is 16.6 Å². The number of rotatable bonds is 6. The average molecular weight is 295 g/mol. The van der Waals surface area contributed by atoms with Crippen molar-refractivity contribution in [3.63, 3.8) is 0 Å². The molecular formula is C14H21N3O2S. The minimum atomic E-state index is -3.19. The zero-order valence-corrected chi connectivity index (χ0v) is 12.8. The number of H-pyrrole nitrogens is 1. The molecule has 0 fully saturated rings. The molecular weight excluding hydrogens is 274 g/mol. The smallest absolute Gasteiger partial charge is 0.209 e. The number of hydrogen-bond donors (Lipinski definition) is 3. The molecule has 0 aliphatic carbocycles. The van der Waals surface area contributed by atoms with E-state index in [0.29, 0.717) is 13.1 Å². The second-order valence-corrected chi connectivity index (χ2v) is 7.51. The lowest BCUT2D eigenvalue weighted by molar-refractivity contribution is 0.421. The van der Waals surface area contributed by atoms with Crippen molar-refractivity contribution in [3.8, 4) is 0 Å². The standard InChI is InChI=1S/C14H21N3O2S/c1-14(2,17-20(3,18)19)10-15-9-11-4-5-12-6-7-16-13(12)8-11/h4-8,15-17H,9-10H2,1-3H3. The van der Waals surface area contributed by atoms with E-state index in [0.717, 1.165) is 11.1 Å². The molecule has 0 unspecified atom stereocenters. The van der Waals surface area contributed by atoms with Gasteiger partial charge >= 0.3 is 0 Å². The third-order valence-corrected chi connectivity index (χ3v) is 3.90. The summed E-state index contributed by atoms with van der Waals surface area (Å²) in [7, 11) is -3.19. The largest absolute Gasteiger partial charge is 0.361 e. The van der Waals surface area contributed by atoms with Crippen molar-refractivity contribution < 1.29 is 8.42 Å². The van der Waals surface area contributed by atoms with Gasteiger partial charge in [-0.1, -0.05) is 12.1 Å². The zero-order valence-electron chi connectivity index (χ0n) is 12.0. The van der Waals surface area contributed by atoms with Crippen molar-refractivity contribution in [1.29, 1.82) is 0 Å². The van der Waals surface area contributed by atoms with E-state index in [4.69, 9.17) is 0 Å². The second kappa shape index (κ2) is 5.55. The van der Waals surface area contributed by atoms with Crippen molar-refractivity contribution >= 4 is 20.9 Å². The number of fused-ring (bicyclic) bond motifs is 1. The molecule has 1 heterocycles. The number of aromatic nitrogens is 1. The normalized spacial score (nSPS) is 12.9. The summed E-state index contributed by atoms with van der Waals surface area (Å²) in [5.74, 6) is 0. The van der Waals surface area contributed by atoms with Crippen LogP contribution in [-0.4, -0.2) is 31.7 Å². The first-order valence-electron chi connectivity index (χ1n) is 6.51. The molecule has 0 spiro atoms. The van der Waals surface area contributed by atoms with Crippen molar-refractivity contribution in [2.24, 2.45) is 0 Å². The minimum Gasteiger partial charge on any atom is -0.361 e.